The van der Waals surface area contributed by atoms with Gasteiger partial charge in [0.05, 0.1) is 12.7 Å². The molecule has 1 saturated heterocycles. The van der Waals surface area contributed by atoms with Crippen molar-refractivity contribution in [1.29, 1.82) is 0 Å². The van der Waals surface area contributed by atoms with Crippen molar-refractivity contribution < 1.29 is 0 Å². The van der Waals surface area contributed by atoms with Crippen LogP contribution in [0.25, 0.3) is 0 Å². The van der Waals surface area contributed by atoms with Gasteiger partial charge in [0.1, 0.15) is 11.0 Å². The molecule has 4 nitrogen and oxygen atoms in total. The van der Waals surface area contributed by atoms with Gasteiger partial charge < -0.3 is 14.8 Å². The minimum absolute atomic E-state index is 0.692. The molecule has 0 atom stereocenters. The number of likely N-dealkylation sites (tertiary alicyclic amines) is 1. The van der Waals surface area contributed by atoms with Crippen molar-refractivity contribution in [2.45, 2.75) is 25.8 Å². The Morgan fingerprint density at radius 1 is 1.35 bits per heavy atom. The fourth-order valence-electron chi connectivity index (χ4n) is 2.21. The summed E-state index contributed by atoms with van der Waals surface area (Å²) in [6, 6.07) is 0. The van der Waals surface area contributed by atoms with E-state index in [2.05, 4.69) is 15.2 Å². The Labute approximate surface area is 108 Å². The lowest BCUT2D eigenvalue weighted by Gasteiger charge is -2.26. The van der Waals surface area contributed by atoms with Crippen LogP contribution in [0.3, 0.4) is 0 Å². The van der Waals surface area contributed by atoms with Crippen LogP contribution in [0.1, 0.15) is 25.1 Å². The molecule has 17 heavy (non-hydrogen) atoms. The maximum Gasteiger partial charge on any atom is 0.128 e. The average molecular weight is 257 g/mol. The summed E-state index contributed by atoms with van der Waals surface area (Å²) in [5.74, 6) is 0.994. The first kappa shape index (κ1) is 12.9. The maximum absolute atomic E-state index is 5.93. The normalized spacial score (nSPS) is 17.5. The second-order valence-corrected chi connectivity index (χ2v) is 5.02. The Morgan fingerprint density at radius 3 is 2.76 bits per heavy atom. The zero-order chi connectivity index (χ0) is 12.1. The molecule has 96 valence electrons. The monoisotopic (exact) mass is 256 g/mol. The summed E-state index contributed by atoms with van der Waals surface area (Å²) in [4.78, 5) is 6.78. The minimum atomic E-state index is 0.692. The van der Waals surface area contributed by atoms with E-state index in [0.717, 1.165) is 25.5 Å². The predicted molar refractivity (Wildman–Crippen MR) is 70.2 cm³/mol. The lowest BCUT2D eigenvalue weighted by atomic mass is 10.1. The molecule has 1 fully saturated rings. The summed E-state index contributed by atoms with van der Waals surface area (Å²) in [5, 5.41) is 4.11. The molecule has 0 aliphatic carbocycles. The zero-order valence-corrected chi connectivity index (χ0v) is 11.2. The van der Waals surface area contributed by atoms with Crippen LogP contribution >= 0.6 is 11.6 Å². The highest BCUT2D eigenvalue weighted by Crippen LogP contribution is 2.09. The molecule has 1 aromatic rings. The van der Waals surface area contributed by atoms with Crippen LogP contribution in [0.5, 0.6) is 0 Å². The zero-order valence-electron chi connectivity index (χ0n) is 10.5. The van der Waals surface area contributed by atoms with Crippen LogP contribution in [-0.2, 0) is 13.6 Å². The molecular weight excluding hydrogens is 236 g/mol. The Hall–Kier alpha value is -0.580. The Kier molecular flexibility index (Phi) is 4.83. The molecule has 1 aliphatic heterocycles. The van der Waals surface area contributed by atoms with Gasteiger partial charge in [-0.15, -0.1) is 0 Å². The SMILES string of the molecule is Cn1c(Cl)cnc1CNCCN1CCCCC1. The molecule has 2 rings (SSSR count). The molecule has 0 unspecified atom stereocenters. The van der Waals surface area contributed by atoms with Crippen molar-refractivity contribution in [2.24, 2.45) is 7.05 Å². The fraction of sp³-hybridized carbons (Fsp3) is 0.750. The molecule has 0 saturated carbocycles. The molecule has 0 bridgehead atoms. The van der Waals surface area contributed by atoms with Crippen LogP contribution in [0.4, 0.5) is 0 Å². The lowest BCUT2D eigenvalue weighted by molar-refractivity contribution is 0.228. The molecule has 1 aliphatic rings. The molecular formula is C12H21ClN4. The number of nitrogens with one attached hydrogen (secondary N) is 1. The van der Waals surface area contributed by atoms with Gasteiger partial charge in [0, 0.05) is 20.1 Å². The van der Waals surface area contributed by atoms with Gasteiger partial charge in [-0.1, -0.05) is 18.0 Å². The highest BCUT2D eigenvalue weighted by Gasteiger charge is 2.09. The van der Waals surface area contributed by atoms with E-state index in [1.54, 1.807) is 6.20 Å². The van der Waals surface area contributed by atoms with Crippen molar-refractivity contribution >= 4 is 11.6 Å². The summed E-state index contributed by atoms with van der Waals surface area (Å²) in [7, 11) is 1.94. The molecule has 1 aromatic heterocycles. The predicted octanol–water partition coefficient (Wildman–Crippen LogP) is 1.65. The van der Waals surface area contributed by atoms with Gasteiger partial charge in [-0.25, -0.2) is 4.98 Å². The highest BCUT2D eigenvalue weighted by molar-refractivity contribution is 6.29. The second-order valence-electron chi connectivity index (χ2n) is 4.64. The summed E-state index contributed by atoms with van der Waals surface area (Å²) in [6.45, 7) is 5.46. The van der Waals surface area contributed by atoms with Crippen molar-refractivity contribution in [1.82, 2.24) is 19.8 Å². The topological polar surface area (TPSA) is 33.1 Å². The van der Waals surface area contributed by atoms with E-state index in [9.17, 15) is 0 Å². The van der Waals surface area contributed by atoms with E-state index in [1.807, 2.05) is 11.6 Å². The van der Waals surface area contributed by atoms with Crippen molar-refractivity contribution in [3.8, 4) is 0 Å². The Balaban J connectivity index is 1.64. The van der Waals surface area contributed by atoms with Gasteiger partial charge in [-0.3, -0.25) is 0 Å². The summed E-state index contributed by atoms with van der Waals surface area (Å²) in [6.07, 6.45) is 5.81. The van der Waals surface area contributed by atoms with E-state index >= 15 is 0 Å². The van der Waals surface area contributed by atoms with Gasteiger partial charge in [0.25, 0.3) is 0 Å². The number of rotatable bonds is 5. The van der Waals surface area contributed by atoms with Crippen molar-refractivity contribution in [3.05, 3.63) is 17.2 Å². The molecule has 2 heterocycles. The van der Waals surface area contributed by atoms with Crippen molar-refractivity contribution in [3.63, 3.8) is 0 Å². The van der Waals surface area contributed by atoms with Crippen LogP contribution in [0.15, 0.2) is 6.20 Å². The van der Waals surface area contributed by atoms with Gasteiger partial charge in [0.2, 0.25) is 0 Å². The molecule has 0 spiro atoms. The smallest absolute Gasteiger partial charge is 0.128 e. The first-order valence-electron chi connectivity index (χ1n) is 6.36. The van der Waals surface area contributed by atoms with Gasteiger partial charge in [-0.2, -0.15) is 0 Å². The van der Waals surface area contributed by atoms with E-state index in [-0.39, 0.29) is 0 Å². The number of hydrogen-bond acceptors (Lipinski definition) is 3. The molecule has 0 radical (unpaired) electrons. The van der Waals surface area contributed by atoms with E-state index < -0.39 is 0 Å². The Bertz CT molecular complexity index is 344. The van der Waals surface area contributed by atoms with Crippen LogP contribution < -0.4 is 5.32 Å². The number of nitrogens with zero attached hydrogens (tertiary/aromatic N) is 3. The lowest BCUT2D eigenvalue weighted by Crippen LogP contribution is -2.35. The van der Waals surface area contributed by atoms with Gasteiger partial charge in [0.15, 0.2) is 0 Å². The first-order chi connectivity index (χ1) is 8.27. The van der Waals surface area contributed by atoms with E-state index in [4.69, 9.17) is 11.6 Å². The second kappa shape index (κ2) is 6.38. The maximum atomic E-state index is 5.93. The average Bonchev–Trinajstić information content (AvgIpc) is 2.67. The van der Waals surface area contributed by atoms with Gasteiger partial charge >= 0.3 is 0 Å². The number of aromatic nitrogens is 2. The van der Waals surface area contributed by atoms with E-state index in [1.165, 1.54) is 32.4 Å². The van der Waals surface area contributed by atoms with E-state index in [0.29, 0.717) is 5.15 Å². The fourth-order valence-corrected chi connectivity index (χ4v) is 2.36. The molecule has 5 heteroatoms. The standard InChI is InChI=1S/C12H21ClN4/c1-16-11(13)9-15-12(16)10-14-5-8-17-6-3-2-4-7-17/h9,14H,2-8,10H2,1H3. The third-order valence-electron chi connectivity index (χ3n) is 3.36. The highest BCUT2D eigenvalue weighted by atomic mass is 35.5. The largest absolute Gasteiger partial charge is 0.321 e. The van der Waals surface area contributed by atoms with Crippen molar-refractivity contribution in [2.75, 3.05) is 26.2 Å². The van der Waals surface area contributed by atoms with Crippen LogP contribution in [-0.4, -0.2) is 40.6 Å². The van der Waals surface area contributed by atoms with Gasteiger partial charge in [-0.05, 0) is 25.9 Å². The molecule has 0 amide bonds. The third kappa shape index (κ3) is 3.69. The number of imidazole rings is 1. The first-order valence-corrected chi connectivity index (χ1v) is 6.74. The summed E-state index contributed by atoms with van der Waals surface area (Å²) >= 11 is 5.93. The number of halogens is 1. The molecule has 1 N–H and O–H groups in total. The number of piperidine rings is 1. The summed E-state index contributed by atoms with van der Waals surface area (Å²) < 4.78 is 1.91. The van der Waals surface area contributed by atoms with Crippen LogP contribution in [0.2, 0.25) is 5.15 Å². The molecule has 0 aromatic carbocycles. The quantitative estimate of drug-likeness (QED) is 0.814. The van der Waals surface area contributed by atoms with Crippen LogP contribution in [0, 0.1) is 0 Å². The minimum Gasteiger partial charge on any atom is -0.321 e. The summed E-state index contributed by atoms with van der Waals surface area (Å²) in [5.41, 5.74) is 0. The third-order valence-corrected chi connectivity index (χ3v) is 3.72. The Morgan fingerprint density at radius 2 is 2.12 bits per heavy atom. The number of hydrogen-bond donors (Lipinski definition) is 1.